The molecule has 0 aliphatic carbocycles. The molecule has 1 amide bonds. The number of carbonyl (C=O) groups is 1. The van der Waals surface area contributed by atoms with Crippen LogP contribution in [0.5, 0.6) is 0 Å². The summed E-state index contributed by atoms with van der Waals surface area (Å²) >= 11 is 0. The van der Waals surface area contributed by atoms with Crippen molar-refractivity contribution in [3.05, 3.63) is 0 Å². The Hall–Kier alpha value is -0.700. The standard InChI is InChI=1S/C12H23N3O4S/c1-9-11(13-5-7-19-9)12(16)14-10-4-3-6-15(8-10)20(2,17)18/h9-11,13H,3-8H2,1-2H3,(H,14,16)/t9-,10?,11+/m1/s1. The number of hydrogen-bond acceptors (Lipinski definition) is 5. The maximum absolute atomic E-state index is 12.2. The lowest BCUT2D eigenvalue weighted by Gasteiger charge is -2.34. The van der Waals surface area contributed by atoms with Crippen LogP contribution in [-0.4, -0.2) is 69.3 Å². The molecule has 0 aromatic rings. The first-order valence-corrected chi connectivity index (χ1v) is 8.83. The van der Waals surface area contributed by atoms with Gasteiger partial charge in [0.1, 0.15) is 6.04 Å². The molecule has 0 aromatic carbocycles. The smallest absolute Gasteiger partial charge is 0.240 e. The summed E-state index contributed by atoms with van der Waals surface area (Å²) in [6.45, 7) is 4.01. The number of rotatable bonds is 3. The second-order valence-electron chi connectivity index (χ2n) is 5.48. The van der Waals surface area contributed by atoms with Gasteiger partial charge in [0.15, 0.2) is 0 Å². The van der Waals surface area contributed by atoms with Crippen LogP contribution >= 0.6 is 0 Å². The molecule has 8 heteroatoms. The van der Waals surface area contributed by atoms with Gasteiger partial charge in [-0.1, -0.05) is 0 Å². The van der Waals surface area contributed by atoms with E-state index >= 15 is 0 Å². The molecule has 2 saturated heterocycles. The quantitative estimate of drug-likeness (QED) is 0.691. The highest BCUT2D eigenvalue weighted by Gasteiger charge is 2.32. The molecule has 2 aliphatic rings. The number of hydrogen-bond donors (Lipinski definition) is 2. The van der Waals surface area contributed by atoms with Gasteiger partial charge in [0.2, 0.25) is 15.9 Å². The summed E-state index contributed by atoms with van der Waals surface area (Å²) in [6, 6.07) is -0.487. The maximum atomic E-state index is 12.2. The molecule has 2 rings (SSSR count). The van der Waals surface area contributed by atoms with Gasteiger partial charge in [-0.25, -0.2) is 12.7 Å². The largest absolute Gasteiger partial charge is 0.375 e. The fourth-order valence-corrected chi connectivity index (χ4v) is 3.59. The molecule has 1 unspecified atom stereocenters. The summed E-state index contributed by atoms with van der Waals surface area (Å²) in [4.78, 5) is 12.2. The number of carbonyl (C=O) groups excluding carboxylic acids is 1. The van der Waals surface area contributed by atoms with Crippen molar-refractivity contribution >= 4 is 15.9 Å². The Balaban J connectivity index is 1.90. The molecule has 2 heterocycles. The van der Waals surface area contributed by atoms with Gasteiger partial charge in [-0.05, 0) is 19.8 Å². The van der Waals surface area contributed by atoms with Crippen LogP contribution in [0, 0.1) is 0 Å². The zero-order valence-corrected chi connectivity index (χ0v) is 12.8. The third-order valence-corrected chi connectivity index (χ3v) is 5.07. The second kappa shape index (κ2) is 6.38. The molecular weight excluding hydrogens is 282 g/mol. The lowest BCUT2D eigenvalue weighted by molar-refractivity contribution is -0.129. The Morgan fingerprint density at radius 3 is 2.85 bits per heavy atom. The fraction of sp³-hybridized carbons (Fsp3) is 0.917. The number of sulfonamides is 1. The van der Waals surface area contributed by atoms with Crippen molar-refractivity contribution in [3.8, 4) is 0 Å². The van der Waals surface area contributed by atoms with Gasteiger partial charge in [0, 0.05) is 25.7 Å². The van der Waals surface area contributed by atoms with Crippen molar-refractivity contribution in [2.45, 2.75) is 38.0 Å². The minimum absolute atomic E-state index is 0.113. The minimum Gasteiger partial charge on any atom is -0.375 e. The van der Waals surface area contributed by atoms with E-state index < -0.39 is 10.0 Å². The lowest BCUT2D eigenvalue weighted by Crippen LogP contribution is -2.59. The van der Waals surface area contributed by atoms with E-state index in [0.717, 1.165) is 12.8 Å². The highest BCUT2D eigenvalue weighted by molar-refractivity contribution is 7.88. The average Bonchev–Trinajstić information content (AvgIpc) is 2.38. The van der Waals surface area contributed by atoms with Crippen molar-refractivity contribution < 1.29 is 17.9 Å². The predicted octanol–water partition coefficient (Wildman–Crippen LogP) is -1.10. The first-order valence-electron chi connectivity index (χ1n) is 6.98. The van der Waals surface area contributed by atoms with E-state index in [0.29, 0.717) is 26.2 Å². The van der Waals surface area contributed by atoms with Gasteiger partial charge in [-0.3, -0.25) is 4.79 Å². The third kappa shape index (κ3) is 3.91. The molecule has 0 bridgehead atoms. The monoisotopic (exact) mass is 305 g/mol. The van der Waals surface area contributed by atoms with Crippen LogP contribution in [0.3, 0.4) is 0 Å². The maximum Gasteiger partial charge on any atom is 0.240 e. The Bertz CT molecular complexity index is 454. The zero-order chi connectivity index (χ0) is 14.8. The molecule has 3 atom stereocenters. The first kappa shape index (κ1) is 15.7. The van der Waals surface area contributed by atoms with Crippen molar-refractivity contribution in [2.24, 2.45) is 0 Å². The van der Waals surface area contributed by atoms with Crippen molar-refractivity contribution in [3.63, 3.8) is 0 Å². The summed E-state index contributed by atoms with van der Waals surface area (Å²) in [7, 11) is -3.19. The number of amides is 1. The van der Waals surface area contributed by atoms with Gasteiger partial charge in [0.05, 0.1) is 19.0 Å². The van der Waals surface area contributed by atoms with Gasteiger partial charge >= 0.3 is 0 Å². The minimum atomic E-state index is -3.19. The number of morpholine rings is 1. The van der Waals surface area contributed by atoms with Crippen molar-refractivity contribution in [1.29, 1.82) is 0 Å². The van der Waals surface area contributed by atoms with Crippen molar-refractivity contribution in [2.75, 3.05) is 32.5 Å². The SMILES string of the molecule is C[C@H]1OCCN[C@@H]1C(=O)NC1CCCN(S(C)(=O)=O)C1. The van der Waals surface area contributed by atoms with Crippen LogP contribution in [-0.2, 0) is 19.6 Å². The fourth-order valence-electron chi connectivity index (χ4n) is 2.68. The number of piperidine rings is 1. The highest BCUT2D eigenvalue weighted by Crippen LogP contribution is 2.14. The lowest BCUT2D eigenvalue weighted by atomic mass is 10.1. The molecule has 2 N–H and O–H groups in total. The molecule has 0 radical (unpaired) electrons. The molecule has 7 nitrogen and oxygen atoms in total. The average molecular weight is 305 g/mol. The van der Waals surface area contributed by atoms with Crippen LogP contribution < -0.4 is 10.6 Å². The van der Waals surface area contributed by atoms with Crippen LogP contribution in [0.2, 0.25) is 0 Å². The molecule has 0 saturated carbocycles. The molecule has 0 spiro atoms. The molecule has 116 valence electrons. The predicted molar refractivity (Wildman–Crippen MR) is 74.8 cm³/mol. The molecule has 2 fully saturated rings. The normalized spacial score (nSPS) is 32.8. The van der Waals surface area contributed by atoms with Gasteiger partial charge in [0.25, 0.3) is 0 Å². The van der Waals surface area contributed by atoms with E-state index in [-0.39, 0.29) is 24.1 Å². The summed E-state index contributed by atoms with van der Waals surface area (Å²) in [5, 5.41) is 6.06. The van der Waals surface area contributed by atoms with Crippen LogP contribution in [0.25, 0.3) is 0 Å². The Labute approximate surface area is 120 Å². The summed E-state index contributed by atoms with van der Waals surface area (Å²) in [5.74, 6) is -0.113. The molecule has 0 aromatic heterocycles. The summed E-state index contributed by atoms with van der Waals surface area (Å²) in [5.41, 5.74) is 0. The number of ether oxygens (including phenoxy) is 1. The van der Waals surface area contributed by atoms with E-state index in [1.165, 1.54) is 10.6 Å². The summed E-state index contributed by atoms with van der Waals surface area (Å²) < 4.78 is 30.0. The molecule has 2 aliphatic heterocycles. The zero-order valence-electron chi connectivity index (χ0n) is 12.0. The molecular formula is C12H23N3O4S. The van der Waals surface area contributed by atoms with Crippen LogP contribution in [0.4, 0.5) is 0 Å². The van der Waals surface area contributed by atoms with E-state index in [2.05, 4.69) is 10.6 Å². The number of nitrogens with one attached hydrogen (secondary N) is 2. The Morgan fingerprint density at radius 2 is 2.20 bits per heavy atom. The van der Waals surface area contributed by atoms with Gasteiger partial charge < -0.3 is 15.4 Å². The summed E-state index contributed by atoms with van der Waals surface area (Å²) in [6.07, 6.45) is 2.61. The topological polar surface area (TPSA) is 87.7 Å². The first-order chi connectivity index (χ1) is 9.38. The van der Waals surface area contributed by atoms with E-state index in [1.54, 1.807) is 0 Å². The Morgan fingerprint density at radius 1 is 1.45 bits per heavy atom. The van der Waals surface area contributed by atoms with E-state index in [1.807, 2.05) is 6.92 Å². The van der Waals surface area contributed by atoms with E-state index in [9.17, 15) is 13.2 Å². The third-order valence-electron chi connectivity index (χ3n) is 3.80. The van der Waals surface area contributed by atoms with Crippen LogP contribution in [0.15, 0.2) is 0 Å². The van der Waals surface area contributed by atoms with Gasteiger partial charge in [-0.2, -0.15) is 0 Å². The van der Waals surface area contributed by atoms with E-state index in [4.69, 9.17) is 4.74 Å². The second-order valence-corrected chi connectivity index (χ2v) is 7.46. The Kier molecular flexibility index (Phi) is 5.00. The highest BCUT2D eigenvalue weighted by atomic mass is 32.2. The van der Waals surface area contributed by atoms with Gasteiger partial charge in [-0.15, -0.1) is 0 Å². The van der Waals surface area contributed by atoms with Crippen molar-refractivity contribution in [1.82, 2.24) is 14.9 Å². The number of nitrogens with zero attached hydrogens (tertiary/aromatic N) is 1. The van der Waals surface area contributed by atoms with Crippen LogP contribution in [0.1, 0.15) is 19.8 Å². The molecule has 20 heavy (non-hydrogen) atoms.